The van der Waals surface area contributed by atoms with Crippen LogP contribution < -0.4 is 5.32 Å². The van der Waals surface area contributed by atoms with Crippen LogP contribution in [0.4, 0.5) is 0 Å². The van der Waals surface area contributed by atoms with Crippen molar-refractivity contribution in [2.24, 2.45) is 11.8 Å². The molecule has 4 aliphatic rings. The minimum atomic E-state index is 0.0975. The van der Waals surface area contributed by atoms with Crippen LogP contribution in [0.2, 0.25) is 0 Å². The topological polar surface area (TPSA) is 50.8 Å². The number of nitrogens with zero attached hydrogens (tertiary/aromatic N) is 1. The average molecular weight is 280 g/mol. The zero-order valence-corrected chi connectivity index (χ0v) is 11.9. The van der Waals surface area contributed by atoms with E-state index in [1.165, 1.54) is 0 Å². The average Bonchev–Trinajstić information content (AvgIpc) is 2.96. The van der Waals surface area contributed by atoms with Crippen molar-refractivity contribution in [3.63, 3.8) is 0 Å². The molecular weight excluding hydrogens is 256 g/mol. The zero-order chi connectivity index (χ0) is 13.5. The van der Waals surface area contributed by atoms with Crippen LogP contribution >= 0.6 is 0 Å². The molecule has 1 N–H and O–H groups in total. The van der Waals surface area contributed by atoms with Gasteiger partial charge in [-0.1, -0.05) is 0 Å². The first-order valence-electron chi connectivity index (χ1n) is 8.06. The molecule has 0 bridgehead atoms. The lowest BCUT2D eigenvalue weighted by atomic mass is 10.1. The molecule has 2 unspecified atom stereocenters. The normalized spacial score (nSPS) is 41.6. The van der Waals surface area contributed by atoms with Gasteiger partial charge in [-0.15, -0.1) is 0 Å². The Morgan fingerprint density at radius 3 is 2.55 bits per heavy atom. The Labute approximate surface area is 120 Å². The summed E-state index contributed by atoms with van der Waals surface area (Å²) in [7, 11) is 0. The first kappa shape index (κ1) is 13.0. The van der Waals surface area contributed by atoms with Crippen LogP contribution in [0.3, 0.4) is 0 Å². The molecule has 112 valence electrons. The molecule has 0 spiro atoms. The van der Waals surface area contributed by atoms with Gasteiger partial charge in [-0.2, -0.15) is 0 Å². The molecule has 0 aromatic heterocycles. The molecule has 20 heavy (non-hydrogen) atoms. The fourth-order valence-corrected chi connectivity index (χ4v) is 4.24. The third-order valence-electron chi connectivity index (χ3n) is 5.52. The first-order valence-corrected chi connectivity index (χ1v) is 8.06. The molecule has 0 aromatic rings. The lowest BCUT2D eigenvalue weighted by Crippen LogP contribution is -2.50. The molecule has 1 aliphatic carbocycles. The molecule has 1 amide bonds. The van der Waals surface area contributed by atoms with Crippen molar-refractivity contribution in [2.45, 2.75) is 43.8 Å². The van der Waals surface area contributed by atoms with Crippen molar-refractivity contribution in [2.75, 3.05) is 33.0 Å². The molecule has 3 saturated heterocycles. The van der Waals surface area contributed by atoms with E-state index in [9.17, 15) is 4.79 Å². The van der Waals surface area contributed by atoms with E-state index in [4.69, 9.17) is 9.47 Å². The van der Waals surface area contributed by atoms with Crippen LogP contribution in [0.25, 0.3) is 0 Å². The van der Waals surface area contributed by atoms with Gasteiger partial charge in [-0.05, 0) is 32.2 Å². The Balaban J connectivity index is 1.35. The van der Waals surface area contributed by atoms with Crippen LogP contribution in [0.15, 0.2) is 0 Å². The van der Waals surface area contributed by atoms with Gasteiger partial charge in [0.05, 0.1) is 19.3 Å². The molecule has 4 atom stereocenters. The number of amides is 1. The second kappa shape index (κ2) is 5.28. The zero-order valence-electron chi connectivity index (χ0n) is 11.9. The number of nitrogens with one attached hydrogen (secondary N) is 1. The summed E-state index contributed by atoms with van der Waals surface area (Å²) in [5, 5.41) is 3.28. The van der Waals surface area contributed by atoms with Crippen LogP contribution in [0, 0.1) is 11.8 Å². The minimum absolute atomic E-state index is 0.0975. The smallest absolute Gasteiger partial charge is 0.237 e. The molecular formula is C15H24N2O3. The lowest BCUT2D eigenvalue weighted by Gasteiger charge is -2.34. The van der Waals surface area contributed by atoms with E-state index in [2.05, 4.69) is 10.2 Å². The van der Waals surface area contributed by atoms with E-state index in [1.807, 2.05) is 0 Å². The number of hydrogen-bond donors (Lipinski definition) is 1. The Hall–Kier alpha value is -0.650. The van der Waals surface area contributed by atoms with Crippen molar-refractivity contribution in [1.82, 2.24) is 10.2 Å². The summed E-state index contributed by atoms with van der Waals surface area (Å²) in [5.41, 5.74) is 0. The maximum atomic E-state index is 12.6. The summed E-state index contributed by atoms with van der Waals surface area (Å²) in [6.07, 6.45) is 4.32. The van der Waals surface area contributed by atoms with Gasteiger partial charge in [-0.3, -0.25) is 9.69 Å². The lowest BCUT2D eigenvalue weighted by molar-refractivity contribution is -0.127. The number of fused-ring (bicyclic) bond motifs is 1. The first-order chi connectivity index (χ1) is 9.84. The summed E-state index contributed by atoms with van der Waals surface area (Å²) in [6.45, 7) is 4.44. The molecule has 5 nitrogen and oxygen atoms in total. The molecule has 0 radical (unpaired) electrons. The van der Waals surface area contributed by atoms with Crippen molar-refractivity contribution < 1.29 is 14.3 Å². The maximum absolute atomic E-state index is 12.6. The summed E-state index contributed by atoms with van der Waals surface area (Å²) < 4.78 is 10.8. The molecule has 5 heteroatoms. The van der Waals surface area contributed by atoms with Crippen molar-refractivity contribution >= 4 is 5.91 Å². The van der Waals surface area contributed by atoms with E-state index in [0.717, 1.165) is 58.7 Å². The van der Waals surface area contributed by atoms with Gasteiger partial charge in [0.2, 0.25) is 5.91 Å². The van der Waals surface area contributed by atoms with E-state index in [1.54, 1.807) is 0 Å². The summed E-state index contributed by atoms with van der Waals surface area (Å²) in [6, 6.07) is 1.04. The SMILES string of the molecule is O=C(NC1[C@H]2COC[C@@H]12)C1CCCN1C1CCOCC1. The number of carbonyl (C=O) groups excluding carboxylic acids is 1. The number of ether oxygens (including phenoxy) is 2. The Morgan fingerprint density at radius 2 is 1.80 bits per heavy atom. The van der Waals surface area contributed by atoms with Gasteiger partial charge in [0.15, 0.2) is 0 Å². The van der Waals surface area contributed by atoms with Crippen LogP contribution in [-0.4, -0.2) is 61.9 Å². The monoisotopic (exact) mass is 280 g/mol. The Bertz CT molecular complexity index is 373. The van der Waals surface area contributed by atoms with E-state index >= 15 is 0 Å². The second-order valence-corrected chi connectivity index (χ2v) is 6.64. The molecule has 4 fully saturated rings. The standard InChI is InChI=1S/C15H24N2O3/c18-15(16-14-11-8-20-9-12(11)14)13-2-1-5-17(13)10-3-6-19-7-4-10/h10-14H,1-9H2,(H,16,18)/t11-,12+,13?,14?. The predicted octanol–water partition coefficient (Wildman–Crippen LogP) is 0.391. The van der Waals surface area contributed by atoms with Gasteiger partial charge in [0.1, 0.15) is 0 Å². The van der Waals surface area contributed by atoms with Gasteiger partial charge >= 0.3 is 0 Å². The van der Waals surface area contributed by atoms with E-state index in [-0.39, 0.29) is 11.9 Å². The summed E-state index contributed by atoms with van der Waals surface area (Å²) >= 11 is 0. The maximum Gasteiger partial charge on any atom is 0.237 e. The van der Waals surface area contributed by atoms with Crippen LogP contribution in [-0.2, 0) is 14.3 Å². The number of likely N-dealkylation sites (tertiary alicyclic amines) is 1. The highest BCUT2D eigenvalue weighted by molar-refractivity contribution is 5.82. The fraction of sp³-hybridized carbons (Fsp3) is 0.933. The van der Waals surface area contributed by atoms with Crippen molar-refractivity contribution in [3.8, 4) is 0 Å². The van der Waals surface area contributed by atoms with Crippen molar-refractivity contribution in [1.29, 1.82) is 0 Å². The highest BCUT2D eigenvalue weighted by atomic mass is 16.5. The predicted molar refractivity (Wildman–Crippen MR) is 73.3 cm³/mol. The highest BCUT2D eigenvalue weighted by Gasteiger charge is 2.55. The van der Waals surface area contributed by atoms with E-state index in [0.29, 0.717) is 23.9 Å². The second-order valence-electron chi connectivity index (χ2n) is 6.64. The Morgan fingerprint density at radius 1 is 1.05 bits per heavy atom. The van der Waals surface area contributed by atoms with E-state index < -0.39 is 0 Å². The molecule has 1 saturated carbocycles. The van der Waals surface area contributed by atoms with Crippen molar-refractivity contribution in [3.05, 3.63) is 0 Å². The number of hydrogen-bond acceptors (Lipinski definition) is 4. The van der Waals surface area contributed by atoms with Crippen LogP contribution in [0.5, 0.6) is 0 Å². The number of carbonyl (C=O) groups is 1. The molecule has 4 rings (SSSR count). The van der Waals surface area contributed by atoms with Gasteiger partial charge < -0.3 is 14.8 Å². The molecule has 0 aromatic carbocycles. The largest absolute Gasteiger partial charge is 0.381 e. The quantitative estimate of drug-likeness (QED) is 0.812. The fourth-order valence-electron chi connectivity index (χ4n) is 4.24. The molecule has 3 heterocycles. The molecule has 3 aliphatic heterocycles. The summed E-state index contributed by atoms with van der Waals surface area (Å²) in [4.78, 5) is 15.0. The third kappa shape index (κ3) is 2.26. The van der Waals surface area contributed by atoms with Gasteiger partial charge in [0.25, 0.3) is 0 Å². The number of rotatable bonds is 3. The summed E-state index contributed by atoms with van der Waals surface area (Å²) in [5.74, 6) is 1.45. The van der Waals surface area contributed by atoms with Crippen LogP contribution in [0.1, 0.15) is 25.7 Å². The third-order valence-corrected chi connectivity index (χ3v) is 5.52. The minimum Gasteiger partial charge on any atom is -0.381 e. The highest BCUT2D eigenvalue weighted by Crippen LogP contribution is 2.44. The van der Waals surface area contributed by atoms with Gasteiger partial charge in [-0.25, -0.2) is 0 Å². The Kier molecular flexibility index (Phi) is 3.44. The van der Waals surface area contributed by atoms with Gasteiger partial charge in [0, 0.05) is 37.1 Å².